The summed E-state index contributed by atoms with van der Waals surface area (Å²) in [6.45, 7) is 2.02. The van der Waals surface area contributed by atoms with Gasteiger partial charge in [-0.2, -0.15) is 0 Å². The third-order valence-corrected chi connectivity index (χ3v) is 4.39. The highest BCUT2D eigenvalue weighted by Gasteiger charge is 2.31. The van der Waals surface area contributed by atoms with E-state index in [2.05, 4.69) is 0 Å². The van der Waals surface area contributed by atoms with Gasteiger partial charge in [0.05, 0.1) is 18.0 Å². The Balaban J connectivity index is 2.35. The number of hydrogen-bond donors (Lipinski definition) is 0. The molecule has 92 valence electrons. The molecule has 1 amide bonds. The second kappa shape index (κ2) is 4.46. The van der Waals surface area contributed by atoms with Crippen LogP contribution in [0.1, 0.15) is 5.56 Å². The van der Waals surface area contributed by atoms with Crippen molar-refractivity contribution in [1.29, 1.82) is 0 Å². The summed E-state index contributed by atoms with van der Waals surface area (Å²) in [6, 6.07) is 6.43. The van der Waals surface area contributed by atoms with E-state index >= 15 is 0 Å². The molecule has 1 aromatic carbocycles. The van der Waals surface area contributed by atoms with Crippen LogP contribution in [0.15, 0.2) is 29.2 Å². The van der Waals surface area contributed by atoms with Gasteiger partial charge < -0.3 is 4.74 Å². The van der Waals surface area contributed by atoms with Crippen LogP contribution in [-0.2, 0) is 19.6 Å². The quantitative estimate of drug-likeness (QED) is 0.774. The van der Waals surface area contributed by atoms with Gasteiger partial charge in [0.15, 0.2) is 0 Å². The molecule has 0 bridgehead atoms. The highest BCUT2D eigenvalue weighted by molar-refractivity contribution is 7.89. The lowest BCUT2D eigenvalue weighted by Gasteiger charge is -2.26. The molecule has 1 saturated heterocycles. The fourth-order valence-electron chi connectivity index (χ4n) is 1.60. The van der Waals surface area contributed by atoms with Crippen LogP contribution in [0.4, 0.5) is 0 Å². The lowest BCUT2D eigenvalue weighted by atomic mass is 10.2. The van der Waals surface area contributed by atoms with Gasteiger partial charge in [0, 0.05) is 0 Å². The van der Waals surface area contributed by atoms with E-state index < -0.39 is 15.9 Å². The molecule has 0 aromatic heterocycles. The first-order valence-corrected chi connectivity index (χ1v) is 6.66. The van der Waals surface area contributed by atoms with Gasteiger partial charge in [-0.15, -0.1) is 0 Å². The molecule has 0 radical (unpaired) electrons. The highest BCUT2D eigenvalue weighted by Crippen LogP contribution is 2.17. The molecule has 0 saturated carbocycles. The lowest BCUT2D eigenvalue weighted by molar-refractivity contribution is -0.136. The average molecular weight is 255 g/mol. The first-order valence-electron chi connectivity index (χ1n) is 5.22. The predicted molar refractivity (Wildman–Crippen MR) is 60.9 cm³/mol. The van der Waals surface area contributed by atoms with Gasteiger partial charge in [-0.25, -0.2) is 12.7 Å². The van der Waals surface area contributed by atoms with Gasteiger partial charge >= 0.3 is 0 Å². The first kappa shape index (κ1) is 12.1. The predicted octanol–water partition coefficient (Wildman–Crippen LogP) is 0.543. The van der Waals surface area contributed by atoms with Crippen molar-refractivity contribution in [2.24, 2.45) is 0 Å². The summed E-state index contributed by atoms with van der Waals surface area (Å²) in [7, 11) is -3.72. The number of benzene rings is 1. The number of amides is 1. The molecule has 17 heavy (non-hydrogen) atoms. The van der Waals surface area contributed by atoms with Crippen molar-refractivity contribution in [3.05, 3.63) is 29.8 Å². The summed E-state index contributed by atoms with van der Waals surface area (Å²) in [5.74, 6) is -0.517. The minimum Gasteiger partial charge on any atom is -0.370 e. The lowest BCUT2D eigenvalue weighted by Crippen LogP contribution is -2.45. The average Bonchev–Trinajstić information content (AvgIpc) is 2.30. The number of aryl methyl sites for hydroxylation is 1. The molecule has 6 heteroatoms. The van der Waals surface area contributed by atoms with Crippen LogP contribution >= 0.6 is 0 Å². The summed E-state index contributed by atoms with van der Waals surface area (Å²) in [5, 5.41) is 0. The molecule has 1 aliphatic heterocycles. The molecule has 1 fully saturated rings. The zero-order valence-electron chi connectivity index (χ0n) is 9.42. The van der Waals surface area contributed by atoms with Crippen molar-refractivity contribution in [3.63, 3.8) is 0 Å². The fourth-order valence-corrected chi connectivity index (χ4v) is 2.97. The molecule has 2 rings (SSSR count). The maximum absolute atomic E-state index is 12.2. The largest absolute Gasteiger partial charge is 0.370 e. The van der Waals surface area contributed by atoms with Gasteiger partial charge in [0.1, 0.15) is 6.61 Å². The van der Waals surface area contributed by atoms with E-state index in [1.807, 2.05) is 6.92 Å². The third kappa shape index (κ3) is 2.32. The van der Waals surface area contributed by atoms with Crippen molar-refractivity contribution in [2.45, 2.75) is 11.8 Å². The van der Waals surface area contributed by atoms with Gasteiger partial charge in [0.25, 0.3) is 15.9 Å². The van der Waals surface area contributed by atoms with Crippen LogP contribution in [-0.4, -0.2) is 38.4 Å². The number of carbonyl (C=O) groups excluding carboxylic acids is 1. The smallest absolute Gasteiger partial charge is 0.266 e. The summed E-state index contributed by atoms with van der Waals surface area (Å²) in [6.07, 6.45) is 0. The molecule has 0 unspecified atom stereocenters. The van der Waals surface area contributed by atoms with Crippen LogP contribution < -0.4 is 0 Å². The van der Waals surface area contributed by atoms with Gasteiger partial charge in [0.2, 0.25) is 0 Å². The summed E-state index contributed by atoms with van der Waals surface area (Å²) in [5.41, 5.74) is 0.970. The van der Waals surface area contributed by atoms with Crippen LogP contribution in [0, 0.1) is 6.92 Å². The van der Waals surface area contributed by atoms with Crippen molar-refractivity contribution < 1.29 is 17.9 Å². The Morgan fingerprint density at radius 2 is 1.88 bits per heavy atom. The molecule has 0 aliphatic carbocycles. The Hall–Kier alpha value is -1.40. The van der Waals surface area contributed by atoms with Gasteiger partial charge in [-0.3, -0.25) is 4.79 Å². The maximum Gasteiger partial charge on any atom is 0.266 e. The van der Waals surface area contributed by atoms with Gasteiger partial charge in [-0.1, -0.05) is 17.7 Å². The maximum atomic E-state index is 12.2. The van der Waals surface area contributed by atoms with Crippen LogP contribution in [0.25, 0.3) is 0 Å². The van der Waals surface area contributed by atoms with E-state index in [9.17, 15) is 13.2 Å². The Labute approximate surface area is 100 Å². The van der Waals surface area contributed by atoms with Gasteiger partial charge in [-0.05, 0) is 19.1 Å². The molecule has 0 N–H and O–H groups in total. The number of hydrogen-bond acceptors (Lipinski definition) is 4. The van der Waals surface area contributed by atoms with Crippen molar-refractivity contribution >= 4 is 15.9 Å². The number of nitrogens with zero attached hydrogens (tertiary/aromatic N) is 1. The SMILES string of the molecule is Cc1ccc(S(=O)(=O)N2CCOCC2=O)cc1. The Bertz CT molecular complexity index is 521. The Kier molecular flexibility index (Phi) is 3.17. The summed E-state index contributed by atoms with van der Waals surface area (Å²) < 4.78 is 30.1. The van der Waals surface area contributed by atoms with Crippen LogP contribution in [0.2, 0.25) is 0 Å². The number of rotatable bonds is 2. The monoisotopic (exact) mass is 255 g/mol. The van der Waals surface area contributed by atoms with E-state index in [1.54, 1.807) is 12.1 Å². The summed E-state index contributed by atoms with van der Waals surface area (Å²) >= 11 is 0. The Morgan fingerprint density at radius 1 is 1.24 bits per heavy atom. The fraction of sp³-hybridized carbons (Fsp3) is 0.364. The summed E-state index contributed by atoms with van der Waals surface area (Å²) in [4.78, 5) is 11.6. The van der Waals surface area contributed by atoms with Crippen molar-refractivity contribution in [3.8, 4) is 0 Å². The van der Waals surface area contributed by atoms with E-state index in [1.165, 1.54) is 12.1 Å². The van der Waals surface area contributed by atoms with Crippen LogP contribution in [0.5, 0.6) is 0 Å². The molecular weight excluding hydrogens is 242 g/mol. The van der Waals surface area contributed by atoms with E-state index in [4.69, 9.17) is 4.74 Å². The molecule has 5 nitrogen and oxygen atoms in total. The molecule has 1 aliphatic rings. The normalized spacial score (nSPS) is 17.2. The minimum atomic E-state index is -3.72. The highest BCUT2D eigenvalue weighted by atomic mass is 32.2. The minimum absolute atomic E-state index is 0.0784. The number of morpholine rings is 1. The molecule has 1 aromatic rings. The zero-order chi connectivity index (χ0) is 12.5. The Morgan fingerprint density at radius 3 is 2.47 bits per heavy atom. The molecule has 0 spiro atoms. The second-order valence-electron chi connectivity index (χ2n) is 3.84. The molecule has 0 atom stereocenters. The topological polar surface area (TPSA) is 63.7 Å². The van der Waals surface area contributed by atoms with Crippen molar-refractivity contribution in [1.82, 2.24) is 4.31 Å². The van der Waals surface area contributed by atoms with Crippen molar-refractivity contribution in [2.75, 3.05) is 19.8 Å². The second-order valence-corrected chi connectivity index (χ2v) is 5.70. The molecular formula is C11H13NO4S. The first-order chi connectivity index (χ1) is 8.01. The third-order valence-electron chi connectivity index (χ3n) is 2.55. The van der Waals surface area contributed by atoms with E-state index in [-0.39, 0.29) is 24.7 Å². The van der Waals surface area contributed by atoms with E-state index in [0.29, 0.717) is 0 Å². The zero-order valence-corrected chi connectivity index (χ0v) is 10.2. The number of sulfonamides is 1. The number of carbonyl (C=O) groups is 1. The number of ether oxygens (including phenoxy) is 1. The standard InChI is InChI=1S/C11H13NO4S/c1-9-2-4-10(5-3-9)17(14,15)12-6-7-16-8-11(12)13/h2-5H,6-8H2,1H3. The molecule has 1 heterocycles. The van der Waals surface area contributed by atoms with E-state index in [0.717, 1.165) is 9.87 Å². The van der Waals surface area contributed by atoms with Crippen LogP contribution in [0.3, 0.4) is 0 Å².